The van der Waals surface area contributed by atoms with Gasteiger partial charge in [0.05, 0.1) is 12.2 Å². The zero-order valence-electron chi connectivity index (χ0n) is 18.9. The second-order valence-electron chi connectivity index (χ2n) is 9.57. The Hall–Kier alpha value is -1.41. The Bertz CT molecular complexity index is 790. The van der Waals surface area contributed by atoms with E-state index in [0.29, 0.717) is 22.4 Å². The molecule has 164 valence electrons. The van der Waals surface area contributed by atoms with E-state index in [9.17, 15) is 9.67 Å². The Morgan fingerprint density at radius 1 is 0.900 bits per heavy atom. The van der Waals surface area contributed by atoms with E-state index in [1.165, 1.54) is 0 Å². The van der Waals surface area contributed by atoms with Crippen LogP contribution in [-0.4, -0.2) is 17.3 Å². The van der Waals surface area contributed by atoms with Gasteiger partial charge in [-0.05, 0) is 60.8 Å². The molecule has 1 fully saturated rings. The van der Waals surface area contributed by atoms with Crippen LogP contribution < -0.4 is 10.6 Å². The van der Waals surface area contributed by atoms with Crippen molar-refractivity contribution < 1.29 is 14.2 Å². The number of benzene rings is 2. The van der Waals surface area contributed by atoms with E-state index in [4.69, 9.17) is 4.52 Å². The molecule has 0 spiro atoms. The van der Waals surface area contributed by atoms with E-state index in [2.05, 4.69) is 34.6 Å². The van der Waals surface area contributed by atoms with Crippen LogP contribution in [0.3, 0.4) is 0 Å². The summed E-state index contributed by atoms with van der Waals surface area (Å²) in [5, 5.41) is 12.8. The van der Waals surface area contributed by atoms with Crippen LogP contribution in [0, 0.1) is 29.6 Å². The van der Waals surface area contributed by atoms with Crippen LogP contribution in [0.5, 0.6) is 0 Å². The summed E-state index contributed by atoms with van der Waals surface area (Å²) in [5.74, 6) is 1.09. The molecule has 0 bridgehead atoms. The highest BCUT2D eigenvalue weighted by molar-refractivity contribution is 7.74. The summed E-state index contributed by atoms with van der Waals surface area (Å²) in [4.78, 5) is 0. The topological polar surface area (TPSA) is 46.5 Å². The molecular weight excluding hydrogens is 391 g/mol. The summed E-state index contributed by atoms with van der Waals surface area (Å²) in [6.07, 6.45) is 1.37. The Balaban J connectivity index is 2.03. The highest BCUT2D eigenvalue weighted by Crippen LogP contribution is 2.51. The molecule has 0 amide bonds. The molecule has 30 heavy (non-hydrogen) atoms. The summed E-state index contributed by atoms with van der Waals surface area (Å²) in [6, 6.07) is 19.1. The summed E-state index contributed by atoms with van der Waals surface area (Å²) in [7, 11) is -3.31. The van der Waals surface area contributed by atoms with Crippen LogP contribution in [0.2, 0.25) is 0 Å². The van der Waals surface area contributed by atoms with E-state index in [-0.39, 0.29) is 23.9 Å². The van der Waals surface area contributed by atoms with Crippen molar-refractivity contribution in [2.45, 2.75) is 59.7 Å². The molecule has 0 aromatic heterocycles. The van der Waals surface area contributed by atoms with Crippen molar-refractivity contribution in [2.24, 2.45) is 29.6 Å². The zero-order valence-corrected chi connectivity index (χ0v) is 19.8. The SMILES string of the molecule is CC(C)[C@H]1CC[C@@H](C)[C@H]([C@H](OP(=O)(c2ccccc2)c2ccccc2)C(C)C)[C@H]1O. The Kier molecular flexibility index (Phi) is 7.61. The predicted octanol–water partition coefficient (Wildman–Crippen LogP) is 5.64. The summed E-state index contributed by atoms with van der Waals surface area (Å²) in [5.41, 5.74) is 0. The lowest BCUT2D eigenvalue weighted by molar-refractivity contribution is -0.0832. The first kappa shape index (κ1) is 23.3. The average Bonchev–Trinajstić information content (AvgIpc) is 2.73. The summed E-state index contributed by atoms with van der Waals surface area (Å²) >= 11 is 0. The maximum atomic E-state index is 14.5. The predicted molar refractivity (Wildman–Crippen MR) is 126 cm³/mol. The largest absolute Gasteiger partial charge is 0.392 e. The fourth-order valence-corrected chi connectivity index (χ4v) is 7.41. The first-order valence-electron chi connectivity index (χ1n) is 11.3. The van der Waals surface area contributed by atoms with Gasteiger partial charge in [-0.1, -0.05) is 71.0 Å². The molecule has 0 aliphatic heterocycles. The molecule has 0 unspecified atom stereocenters. The van der Waals surface area contributed by atoms with Crippen molar-refractivity contribution in [3.05, 3.63) is 60.7 Å². The fraction of sp³-hybridized carbons (Fsp3) is 0.538. The van der Waals surface area contributed by atoms with Crippen molar-refractivity contribution in [3.63, 3.8) is 0 Å². The van der Waals surface area contributed by atoms with Gasteiger partial charge >= 0.3 is 0 Å². The Morgan fingerprint density at radius 2 is 1.40 bits per heavy atom. The molecule has 0 heterocycles. The van der Waals surface area contributed by atoms with Gasteiger partial charge in [-0.3, -0.25) is 4.57 Å². The van der Waals surface area contributed by atoms with Gasteiger partial charge in [-0.2, -0.15) is 0 Å². The zero-order chi connectivity index (χ0) is 21.9. The fourth-order valence-electron chi connectivity index (χ4n) is 5.01. The molecular formula is C26H37O3P. The number of rotatable bonds is 7. The van der Waals surface area contributed by atoms with Gasteiger partial charge in [-0.15, -0.1) is 0 Å². The minimum absolute atomic E-state index is 0.0353. The van der Waals surface area contributed by atoms with Crippen LogP contribution in [0.15, 0.2) is 60.7 Å². The van der Waals surface area contributed by atoms with Crippen LogP contribution in [0.25, 0.3) is 0 Å². The lowest BCUT2D eigenvalue weighted by Crippen LogP contribution is -2.48. The monoisotopic (exact) mass is 428 g/mol. The van der Waals surface area contributed by atoms with E-state index in [1.54, 1.807) is 0 Å². The molecule has 0 radical (unpaired) electrons. The first-order chi connectivity index (χ1) is 14.3. The molecule has 3 nitrogen and oxygen atoms in total. The molecule has 1 aliphatic carbocycles. The quantitative estimate of drug-likeness (QED) is 0.581. The highest BCUT2D eigenvalue weighted by atomic mass is 31.2. The highest BCUT2D eigenvalue weighted by Gasteiger charge is 2.46. The third kappa shape index (κ3) is 4.74. The maximum Gasteiger partial charge on any atom is 0.261 e. The van der Waals surface area contributed by atoms with E-state index >= 15 is 0 Å². The number of aliphatic hydroxyl groups excluding tert-OH is 1. The van der Waals surface area contributed by atoms with Crippen LogP contribution in [0.4, 0.5) is 0 Å². The molecule has 5 atom stereocenters. The van der Waals surface area contributed by atoms with Crippen molar-refractivity contribution in [1.82, 2.24) is 0 Å². The molecule has 1 N–H and O–H groups in total. The summed E-state index contributed by atoms with van der Waals surface area (Å²) < 4.78 is 21.2. The minimum atomic E-state index is -3.31. The van der Waals surface area contributed by atoms with E-state index in [0.717, 1.165) is 12.8 Å². The van der Waals surface area contributed by atoms with Crippen molar-refractivity contribution in [1.29, 1.82) is 0 Å². The minimum Gasteiger partial charge on any atom is -0.392 e. The van der Waals surface area contributed by atoms with Crippen LogP contribution in [-0.2, 0) is 9.09 Å². The van der Waals surface area contributed by atoms with Crippen LogP contribution >= 0.6 is 7.37 Å². The molecule has 2 aromatic rings. The van der Waals surface area contributed by atoms with Gasteiger partial charge in [-0.25, -0.2) is 0 Å². The standard InChI is InChI=1S/C26H37O3P/c1-18(2)23-17-16-20(5)24(25(23)27)26(19(3)4)29-30(28,21-12-8-6-9-13-21)22-14-10-7-11-15-22/h6-15,18-20,23-27H,16-17H2,1-5H3/t20-,23-,24+,25+,26-/m1/s1. The first-order valence-corrected chi connectivity index (χ1v) is 13.0. The molecule has 1 saturated carbocycles. The molecule has 3 rings (SSSR count). The lowest BCUT2D eigenvalue weighted by atomic mass is 9.66. The molecule has 0 saturated heterocycles. The van der Waals surface area contributed by atoms with Gasteiger partial charge in [0.1, 0.15) is 0 Å². The summed E-state index contributed by atoms with van der Waals surface area (Å²) in [6.45, 7) is 10.8. The van der Waals surface area contributed by atoms with Gasteiger partial charge in [0.25, 0.3) is 7.37 Å². The van der Waals surface area contributed by atoms with Crippen molar-refractivity contribution >= 4 is 18.0 Å². The van der Waals surface area contributed by atoms with Crippen molar-refractivity contribution in [3.8, 4) is 0 Å². The van der Waals surface area contributed by atoms with E-state index < -0.39 is 13.5 Å². The van der Waals surface area contributed by atoms with Crippen molar-refractivity contribution in [2.75, 3.05) is 0 Å². The van der Waals surface area contributed by atoms with Gasteiger partial charge in [0.15, 0.2) is 0 Å². The van der Waals surface area contributed by atoms with Gasteiger partial charge in [0.2, 0.25) is 0 Å². The molecule has 2 aromatic carbocycles. The van der Waals surface area contributed by atoms with Crippen LogP contribution in [0.1, 0.15) is 47.5 Å². The number of hydrogen-bond donors (Lipinski definition) is 1. The second kappa shape index (κ2) is 9.81. The Labute approximate surface area is 182 Å². The Morgan fingerprint density at radius 3 is 1.83 bits per heavy atom. The average molecular weight is 429 g/mol. The third-order valence-corrected chi connectivity index (χ3v) is 9.30. The normalized spacial score (nSPS) is 26.1. The number of hydrogen-bond acceptors (Lipinski definition) is 3. The van der Waals surface area contributed by atoms with Gasteiger partial charge in [0, 0.05) is 16.5 Å². The molecule has 1 aliphatic rings. The third-order valence-electron chi connectivity index (χ3n) is 6.80. The molecule has 4 heteroatoms. The van der Waals surface area contributed by atoms with Gasteiger partial charge < -0.3 is 9.63 Å². The maximum absolute atomic E-state index is 14.5. The number of aliphatic hydroxyl groups is 1. The lowest BCUT2D eigenvalue weighted by Gasteiger charge is -2.46. The smallest absolute Gasteiger partial charge is 0.261 e. The second-order valence-corrected chi connectivity index (χ2v) is 11.9. The van der Waals surface area contributed by atoms with E-state index in [1.807, 2.05) is 60.7 Å².